The molecule has 5 nitrogen and oxygen atoms in total. The number of aromatic amines is 1. The maximum atomic E-state index is 11.0. The van der Waals surface area contributed by atoms with Crippen LogP contribution >= 0.6 is 0 Å². The number of nitrogens with one attached hydrogen (secondary N) is 2. The van der Waals surface area contributed by atoms with E-state index < -0.39 is 0 Å². The molecule has 2 N–H and O–H groups in total. The topological polar surface area (TPSA) is 70.7 Å². The summed E-state index contributed by atoms with van der Waals surface area (Å²) in [5, 5.41) is 2.53. The number of carbonyl (C=O) groups is 1. The number of aromatic nitrogens is 3. The molecule has 0 bridgehead atoms. The van der Waals surface area contributed by atoms with E-state index in [1.807, 2.05) is 0 Å². The van der Waals surface area contributed by atoms with Gasteiger partial charge in [-0.1, -0.05) is 6.58 Å². The Morgan fingerprint density at radius 3 is 3.29 bits per heavy atom. The highest BCUT2D eigenvalue weighted by Crippen LogP contribution is 2.09. The highest BCUT2D eigenvalue weighted by atomic mass is 16.1. The van der Waals surface area contributed by atoms with Crippen molar-refractivity contribution in [2.45, 2.75) is 0 Å². The van der Waals surface area contributed by atoms with Crippen molar-refractivity contribution in [3.8, 4) is 0 Å². The van der Waals surface area contributed by atoms with Gasteiger partial charge in [0.05, 0.1) is 6.20 Å². The molecule has 70 valence electrons. The number of hydrogen-bond acceptors (Lipinski definition) is 3. The first-order valence-electron chi connectivity index (χ1n) is 4.03. The first-order valence-corrected chi connectivity index (χ1v) is 4.03. The summed E-state index contributed by atoms with van der Waals surface area (Å²) in [6.45, 7) is 3.34. The van der Waals surface area contributed by atoms with Gasteiger partial charge in [-0.2, -0.15) is 0 Å². The number of nitrogens with zero attached hydrogens (tertiary/aromatic N) is 2. The Bertz CT molecular complexity index is 488. The Balaban J connectivity index is 2.34. The van der Waals surface area contributed by atoms with E-state index in [0.717, 1.165) is 0 Å². The van der Waals surface area contributed by atoms with Crippen LogP contribution in [0.3, 0.4) is 0 Å². The Kier molecular flexibility index (Phi) is 1.98. The van der Waals surface area contributed by atoms with Crippen molar-refractivity contribution in [2.75, 3.05) is 5.32 Å². The number of anilines is 1. The maximum absolute atomic E-state index is 11.0. The average Bonchev–Trinajstić information content (AvgIpc) is 2.64. The third-order valence-corrected chi connectivity index (χ3v) is 1.70. The summed E-state index contributed by atoms with van der Waals surface area (Å²) in [5.41, 5.74) is 1.41. The molecular weight excluding hydrogens is 180 g/mol. The van der Waals surface area contributed by atoms with Gasteiger partial charge < -0.3 is 10.3 Å². The van der Waals surface area contributed by atoms with Gasteiger partial charge in [0.25, 0.3) is 0 Å². The second-order valence-electron chi connectivity index (χ2n) is 2.66. The molecule has 5 heteroatoms. The lowest BCUT2D eigenvalue weighted by Crippen LogP contribution is -2.08. The van der Waals surface area contributed by atoms with Gasteiger partial charge in [0.15, 0.2) is 11.5 Å². The lowest BCUT2D eigenvalue weighted by atomic mass is 10.5. The minimum atomic E-state index is -0.297. The fraction of sp³-hybridized carbons (Fsp3) is 0. The van der Waals surface area contributed by atoms with E-state index in [1.165, 1.54) is 12.3 Å². The van der Waals surface area contributed by atoms with Crippen molar-refractivity contribution >= 4 is 22.9 Å². The molecule has 2 aromatic rings. The zero-order valence-electron chi connectivity index (χ0n) is 7.32. The van der Waals surface area contributed by atoms with Crippen LogP contribution in [0.25, 0.3) is 11.2 Å². The SMILES string of the molecule is C=CC(=O)Nc1cnc2[nH]ccc2n1. The van der Waals surface area contributed by atoms with Gasteiger partial charge in [0.1, 0.15) is 5.52 Å². The molecular formula is C9H8N4O. The predicted octanol–water partition coefficient (Wildman–Crippen LogP) is 1.08. The summed E-state index contributed by atoms with van der Waals surface area (Å²) in [6.07, 6.45) is 4.41. The fourth-order valence-electron chi connectivity index (χ4n) is 1.07. The van der Waals surface area contributed by atoms with Gasteiger partial charge in [-0.15, -0.1) is 0 Å². The van der Waals surface area contributed by atoms with Crippen molar-refractivity contribution in [2.24, 2.45) is 0 Å². The first kappa shape index (κ1) is 8.43. The third kappa shape index (κ3) is 1.47. The Hall–Kier alpha value is -2.17. The molecule has 0 spiro atoms. The van der Waals surface area contributed by atoms with E-state index in [0.29, 0.717) is 17.0 Å². The average molecular weight is 188 g/mol. The predicted molar refractivity (Wildman–Crippen MR) is 52.7 cm³/mol. The number of rotatable bonds is 2. The number of amides is 1. The van der Waals surface area contributed by atoms with Crippen LogP contribution in [0.5, 0.6) is 0 Å². The van der Waals surface area contributed by atoms with Gasteiger partial charge in [0, 0.05) is 6.20 Å². The van der Waals surface area contributed by atoms with Crippen molar-refractivity contribution < 1.29 is 4.79 Å². The van der Waals surface area contributed by atoms with Crippen molar-refractivity contribution in [3.05, 3.63) is 31.1 Å². The molecule has 0 aliphatic heterocycles. The van der Waals surface area contributed by atoms with Gasteiger partial charge >= 0.3 is 0 Å². The van der Waals surface area contributed by atoms with E-state index in [2.05, 4.69) is 26.8 Å². The highest BCUT2D eigenvalue weighted by Gasteiger charge is 2.01. The molecule has 0 aromatic carbocycles. The monoisotopic (exact) mass is 188 g/mol. The zero-order chi connectivity index (χ0) is 9.97. The van der Waals surface area contributed by atoms with Crippen LogP contribution in [0.1, 0.15) is 0 Å². The minimum absolute atomic E-state index is 0.297. The Morgan fingerprint density at radius 2 is 2.50 bits per heavy atom. The summed E-state index contributed by atoms with van der Waals surface area (Å²) in [7, 11) is 0. The minimum Gasteiger partial charge on any atom is -0.345 e. The van der Waals surface area contributed by atoms with Gasteiger partial charge in [-0.05, 0) is 12.1 Å². The molecule has 0 radical (unpaired) electrons. The molecule has 0 aliphatic carbocycles. The summed E-state index contributed by atoms with van der Waals surface area (Å²) in [4.78, 5) is 22.1. The molecule has 2 rings (SSSR count). The fourth-order valence-corrected chi connectivity index (χ4v) is 1.07. The van der Waals surface area contributed by atoms with Crippen LogP contribution < -0.4 is 5.32 Å². The summed E-state index contributed by atoms with van der Waals surface area (Å²) >= 11 is 0. The highest BCUT2D eigenvalue weighted by molar-refractivity contribution is 5.98. The molecule has 0 saturated carbocycles. The van der Waals surface area contributed by atoms with Gasteiger partial charge in [-0.3, -0.25) is 4.79 Å². The molecule has 0 unspecified atom stereocenters. The van der Waals surface area contributed by atoms with E-state index >= 15 is 0 Å². The standard InChI is InChI=1S/C9H8N4O/c1-2-8(14)13-7-5-11-9-6(12-7)3-4-10-9/h2-5H,1H2,(H,10,11)(H,12,13,14). The summed E-state index contributed by atoms with van der Waals surface area (Å²) in [5.74, 6) is 0.121. The quantitative estimate of drug-likeness (QED) is 0.693. The zero-order valence-corrected chi connectivity index (χ0v) is 7.32. The molecule has 0 saturated heterocycles. The number of hydrogen-bond donors (Lipinski definition) is 2. The molecule has 0 atom stereocenters. The number of carbonyl (C=O) groups excluding carboxylic acids is 1. The number of H-pyrrole nitrogens is 1. The molecule has 2 aromatic heterocycles. The largest absolute Gasteiger partial charge is 0.345 e. The second kappa shape index (κ2) is 3.29. The smallest absolute Gasteiger partial charge is 0.248 e. The second-order valence-corrected chi connectivity index (χ2v) is 2.66. The van der Waals surface area contributed by atoms with Crippen LogP contribution in [0.2, 0.25) is 0 Å². The van der Waals surface area contributed by atoms with Crippen molar-refractivity contribution in [1.29, 1.82) is 0 Å². The van der Waals surface area contributed by atoms with Crippen LogP contribution in [0.15, 0.2) is 31.1 Å². The van der Waals surface area contributed by atoms with Crippen LogP contribution in [0, 0.1) is 0 Å². The summed E-state index contributed by atoms with van der Waals surface area (Å²) < 4.78 is 0. The van der Waals surface area contributed by atoms with Crippen molar-refractivity contribution in [3.63, 3.8) is 0 Å². The number of fused-ring (bicyclic) bond motifs is 1. The van der Waals surface area contributed by atoms with Gasteiger partial charge in [0.2, 0.25) is 5.91 Å². The molecule has 2 heterocycles. The van der Waals surface area contributed by atoms with Crippen LogP contribution in [-0.2, 0) is 4.79 Å². The first-order chi connectivity index (χ1) is 6.79. The van der Waals surface area contributed by atoms with Crippen LogP contribution in [-0.4, -0.2) is 20.9 Å². The third-order valence-electron chi connectivity index (χ3n) is 1.70. The molecule has 1 amide bonds. The summed E-state index contributed by atoms with van der Waals surface area (Å²) in [6, 6.07) is 1.78. The maximum Gasteiger partial charge on any atom is 0.248 e. The molecule has 0 aliphatic rings. The van der Waals surface area contributed by atoms with E-state index in [-0.39, 0.29) is 5.91 Å². The molecule has 14 heavy (non-hydrogen) atoms. The van der Waals surface area contributed by atoms with Crippen LogP contribution in [0.4, 0.5) is 5.82 Å². The van der Waals surface area contributed by atoms with E-state index in [1.54, 1.807) is 12.3 Å². The van der Waals surface area contributed by atoms with E-state index in [4.69, 9.17) is 0 Å². The lowest BCUT2D eigenvalue weighted by Gasteiger charge is -1.99. The van der Waals surface area contributed by atoms with Gasteiger partial charge in [-0.25, -0.2) is 9.97 Å². The van der Waals surface area contributed by atoms with E-state index in [9.17, 15) is 4.79 Å². The molecule has 0 fully saturated rings. The Morgan fingerprint density at radius 1 is 1.64 bits per heavy atom. The van der Waals surface area contributed by atoms with Crippen molar-refractivity contribution in [1.82, 2.24) is 15.0 Å². The Labute approximate surface area is 79.9 Å². The normalized spacial score (nSPS) is 10.0. The lowest BCUT2D eigenvalue weighted by molar-refractivity contribution is -0.111.